The van der Waals surface area contributed by atoms with Gasteiger partial charge in [0, 0.05) is 10.0 Å². The quantitative estimate of drug-likeness (QED) is 0.661. The van der Waals surface area contributed by atoms with E-state index in [0.29, 0.717) is 10.0 Å². The molecular weight excluding hydrogens is 211 g/mol. The molecule has 0 atom stereocenters. The molecule has 0 N–H and O–H groups in total. The van der Waals surface area contributed by atoms with Crippen molar-refractivity contribution in [2.45, 2.75) is 6.92 Å². The molecule has 0 saturated carbocycles. The third-order valence-electron chi connectivity index (χ3n) is 1.31. The first-order chi connectivity index (χ1) is 5.11. The maximum absolute atomic E-state index is 12.5. The maximum Gasteiger partial charge on any atom is 0.161 e. The summed E-state index contributed by atoms with van der Waals surface area (Å²) in [5.74, 6) is -0.533. The van der Waals surface area contributed by atoms with E-state index in [1.807, 2.05) is 0 Å². The SMILES string of the molecule is CC(=O)c1cc(F)ccc1Br. The van der Waals surface area contributed by atoms with Crippen LogP contribution in [0.5, 0.6) is 0 Å². The lowest BCUT2D eigenvalue weighted by Crippen LogP contribution is -1.93. The Hall–Kier alpha value is -0.700. The van der Waals surface area contributed by atoms with Crippen LogP contribution in [-0.4, -0.2) is 5.78 Å². The monoisotopic (exact) mass is 216 g/mol. The van der Waals surface area contributed by atoms with Gasteiger partial charge in [-0.15, -0.1) is 0 Å². The molecule has 0 aliphatic heterocycles. The lowest BCUT2D eigenvalue weighted by Gasteiger charge is -1.98. The van der Waals surface area contributed by atoms with E-state index in [1.54, 1.807) is 0 Å². The van der Waals surface area contributed by atoms with Gasteiger partial charge in [0.1, 0.15) is 5.82 Å². The molecule has 0 bridgehead atoms. The summed E-state index contributed by atoms with van der Waals surface area (Å²) in [6.07, 6.45) is 0. The Bertz CT molecular complexity index is 296. The van der Waals surface area contributed by atoms with Crippen molar-refractivity contribution in [3.8, 4) is 0 Å². The van der Waals surface area contributed by atoms with Crippen LogP contribution in [0, 0.1) is 5.82 Å². The Kier molecular flexibility index (Phi) is 2.39. The Morgan fingerprint density at radius 1 is 1.55 bits per heavy atom. The maximum atomic E-state index is 12.5. The number of carbonyl (C=O) groups is 1. The second kappa shape index (κ2) is 3.13. The van der Waals surface area contributed by atoms with Gasteiger partial charge in [0.15, 0.2) is 5.78 Å². The van der Waals surface area contributed by atoms with Crippen LogP contribution >= 0.6 is 15.9 Å². The fourth-order valence-electron chi connectivity index (χ4n) is 0.767. The number of rotatable bonds is 1. The third-order valence-corrected chi connectivity index (χ3v) is 2.00. The minimum absolute atomic E-state index is 0.142. The van der Waals surface area contributed by atoms with Gasteiger partial charge in [-0.25, -0.2) is 4.39 Å². The van der Waals surface area contributed by atoms with E-state index in [2.05, 4.69) is 15.9 Å². The molecule has 1 aromatic rings. The molecule has 0 aromatic heterocycles. The average Bonchev–Trinajstić information content (AvgIpc) is 1.94. The first-order valence-corrected chi connectivity index (χ1v) is 3.86. The van der Waals surface area contributed by atoms with Gasteiger partial charge in [-0.2, -0.15) is 0 Å². The van der Waals surface area contributed by atoms with Crippen molar-refractivity contribution >= 4 is 21.7 Å². The van der Waals surface area contributed by atoms with Crippen molar-refractivity contribution in [2.75, 3.05) is 0 Å². The molecule has 0 amide bonds. The van der Waals surface area contributed by atoms with Crippen LogP contribution in [0.1, 0.15) is 17.3 Å². The molecule has 1 nitrogen and oxygen atoms in total. The molecular formula is C8H6BrFO. The van der Waals surface area contributed by atoms with E-state index in [0.717, 1.165) is 0 Å². The molecule has 0 aliphatic rings. The number of Topliss-reactive ketones (excluding diaryl/α,β-unsaturated/α-hetero) is 1. The predicted octanol–water partition coefficient (Wildman–Crippen LogP) is 2.79. The minimum Gasteiger partial charge on any atom is -0.294 e. The number of carbonyl (C=O) groups excluding carboxylic acids is 1. The number of hydrogen-bond acceptors (Lipinski definition) is 1. The molecule has 1 aromatic carbocycles. The standard InChI is InChI=1S/C8H6BrFO/c1-5(11)7-4-6(10)2-3-8(7)9/h2-4H,1H3. The zero-order valence-corrected chi connectivity index (χ0v) is 7.48. The summed E-state index contributed by atoms with van der Waals surface area (Å²) in [4.78, 5) is 10.8. The van der Waals surface area contributed by atoms with Gasteiger partial charge in [-0.3, -0.25) is 4.79 Å². The molecule has 1 rings (SSSR count). The van der Waals surface area contributed by atoms with Gasteiger partial charge < -0.3 is 0 Å². The lowest BCUT2D eigenvalue weighted by molar-refractivity contribution is 0.101. The molecule has 0 unspecified atom stereocenters. The van der Waals surface area contributed by atoms with E-state index in [-0.39, 0.29) is 5.78 Å². The zero-order chi connectivity index (χ0) is 8.43. The first-order valence-electron chi connectivity index (χ1n) is 3.07. The Balaban J connectivity index is 3.23. The van der Waals surface area contributed by atoms with Crippen LogP contribution in [0.4, 0.5) is 4.39 Å². The molecule has 11 heavy (non-hydrogen) atoms. The summed E-state index contributed by atoms with van der Waals surface area (Å²) in [5.41, 5.74) is 0.380. The van der Waals surface area contributed by atoms with Gasteiger partial charge in [-0.05, 0) is 25.1 Å². The molecule has 0 radical (unpaired) electrons. The van der Waals surface area contributed by atoms with Crippen LogP contribution in [0.25, 0.3) is 0 Å². The summed E-state index contributed by atoms with van der Waals surface area (Å²) < 4.78 is 13.2. The van der Waals surface area contributed by atoms with Crippen LogP contribution in [0.2, 0.25) is 0 Å². The number of benzene rings is 1. The number of halogens is 2. The van der Waals surface area contributed by atoms with Crippen LogP contribution in [0.3, 0.4) is 0 Å². The van der Waals surface area contributed by atoms with Crippen LogP contribution < -0.4 is 0 Å². The van der Waals surface area contributed by atoms with Crippen molar-refractivity contribution in [1.82, 2.24) is 0 Å². The van der Waals surface area contributed by atoms with Crippen molar-refractivity contribution in [3.05, 3.63) is 34.1 Å². The van der Waals surface area contributed by atoms with Crippen molar-refractivity contribution in [3.63, 3.8) is 0 Å². The second-order valence-electron chi connectivity index (χ2n) is 2.18. The Morgan fingerprint density at radius 2 is 2.18 bits per heavy atom. The molecule has 3 heteroatoms. The van der Waals surface area contributed by atoms with Gasteiger partial charge in [0.25, 0.3) is 0 Å². The molecule has 0 spiro atoms. The lowest BCUT2D eigenvalue weighted by atomic mass is 10.1. The average molecular weight is 217 g/mol. The van der Waals surface area contributed by atoms with Gasteiger partial charge in [-0.1, -0.05) is 15.9 Å². The number of hydrogen-bond donors (Lipinski definition) is 0. The fraction of sp³-hybridized carbons (Fsp3) is 0.125. The summed E-state index contributed by atoms with van der Waals surface area (Å²) in [5, 5.41) is 0. The predicted molar refractivity (Wildman–Crippen MR) is 44.1 cm³/mol. The molecule has 0 aliphatic carbocycles. The normalized spacial score (nSPS) is 9.73. The van der Waals surface area contributed by atoms with Gasteiger partial charge >= 0.3 is 0 Å². The van der Waals surface area contributed by atoms with Crippen LogP contribution in [-0.2, 0) is 0 Å². The second-order valence-corrected chi connectivity index (χ2v) is 3.03. The van der Waals surface area contributed by atoms with Crippen LogP contribution in [0.15, 0.2) is 22.7 Å². The Morgan fingerprint density at radius 3 is 2.64 bits per heavy atom. The first kappa shape index (κ1) is 8.40. The summed E-state index contributed by atoms with van der Waals surface area (Å²) >= 11 is 3.14. The molecule has 0 heterocycles. The van der Waals surface area contributed by atoms with Crippen molar-refractivity contribution in [1.29, 1.82) is 0 Å². The van der Waals surface area contributed by atoms with E-state index in [4.69, 9.17) is 0 Å². The molecule has 58 valence electrons. The summed E-state index contributed by atoms with van der Waals surface area (Å²) in [6, 6.07) is 4.04. The Labute approximate surface area is 72.4 Å². The smallest absolute Gasteiger partial charge is 0.161 e. The highest BCUT2D eigenvalue weighted by atomic mass is 79.9. The third kappa shape index (κ3) is 1.87. The van der Waals surface area contributed by atoms with E-state index in [9.17, 15) is 9.18 Å². The van der Waals surface area contributed by atoms with E-state index < -0.39 is 5.82 Å². The molecule has 0 saturated heterocycles. The fourth-order valence-corrected chi connectivity index (χ4v) is 1.29. The molecule has 0 fully saturated rings. The van der Waals surface area contributed by atoms with E-state index in [1.165, 1.54) is 25.1 Å². The largest absolute Gasteiger partial charge is 0.294 e. The van der Waals surface area contributed by atoms with Gasteiger partial charge in [0.05, 0.1) is 0 Å². The minimum atomic E-state index is -0.390. The highest BCUT2D eigenvalue weighted by Crippen LogP contribution is 2.17. The van der Waals surface area contributed by atoms with Gasteiger partial charge in [0.2, 0.25) is 0 Å². The zero-order valence-electron chi connectivity index (χ0n) is 5.90. The highest BCUT2D eigenvalue weighted by molar-refractivity contribution is 9.10. The summed E-state index contributed by atoms with van der Waals surface area (Å²) in [7, 11) is 0. The topological polar surface area (TPSA) is 17.1 Å². The highest BCUT2D eigenvalue weighted by Gasteiger charge is 2.04. The summed E-state index contributed by atoms with van der Waals surface area (Å²) in [6.45, 7) is 1.40. The number of ketones is 1. The van der Waals surface area contributed by atoms with Crippen molar-refractivity contribution in [2.24, 2.45) is 0 Å². The van der Waals surface area contributed by atoms with E-state index >= 15 is 0 Å². The van der Waals surface area contributed by atoms with Crippen molar-refractivity contribution < 1.29 is 9.18 Å².